The zero-order valence-electron chi connectivity index (χ0n) is 12.4. The van der Waals surface area contributed by atoms with Crippen LogP contribution in [0.1, 0.15) is 22.8 Å². The maximum atomic E-state index is 12.4. The van der Waals surface area contributed by atoms with Crippen LogP contribution in [-0.2, 0) is 16.6 Å². The van der Waals surface area contributed by atoms with Gasteiger partial charge in [-0.05, 0) is 37.6 Å². The van der Waals surface area contributed by atoms with Crippen LogP contribution in [0.2, 0.25) is 0 Å². The first kappa shape index (κ1) is 16.2. The Bertz CT molecular complexity index is 769. The summed E-state index contributed by atoms with van der Waals surface area (Å²) in [6.45, 7) is 3.84. The van der Waals surface area contributed by atoms with Gasteiger partial charge in [0.05, 0.1) is 11.4 Å². The minimum absolute atomic E-state index is 0.0132. The number of nitrogens with two attached hydrogens (primary N) is 1. The van der Waals surface area contributed by atoms with Crippen LogP contribution in [0.4, 0.5) is 0 Å². The van der Waals surface area contributed by atoms with Crippen LogP contribution in [-0.4, -0.2) is 30.1 Å². The van der Waals surface area contributed by atoms with Crippen molar-refractivity contribution in [1.29, 1.82) is 0 Å². The molecule has 118 valence electrons. The molecule has 1 amide bonds. The number of hydrogen-bond acceptors (Lipinski definition) is 4. The third-order valence-corrected chi connectivity index (χ3v) is 4.75. The average molecular weight is 322 g/mol. The first-order chi connectivity index (χ1) is 10.3. The van der Waals surface area contributed by atoms with Crippen LogP contribution in [0.15, 0.2) is 41.6 Å². The third kappa shape index (κ3) is 3.71. The molecule has 0 fully saturated rings. The topological polar surface area (TPSA) is 107 Å². The molecule has 22 heavy (non-hydrogen) atoms. The van der Waals surface area contributed by atoms with Crippen LogP contribution in [0.25, 0.3) is 0 Å². The molecule has 0 aliphatic rings. The molecule has 0 saturated carbocycles. The van der Waals surface area contributed by atoms with Gasteiger partial charge in [0.25, 0.3) is 0 Å². The minimum Gasteiger partial charge on any atom is -0.366 e. The fourth-order valence-corrected chi connectivity index (χ4v) is 3.35. The van der Waals surface area contributed by atoms with Gasteiger partial charge in [-0.2, -0.15) is 5.10 Å². The van der Waals surface area contributed by atoms with E-state index in [0.717, 1.165) is 0 Å². The van der Waals surface area contributed by atoms with Gasteiger partial charge in [-0.25, -0.2) is 13.1 Å². The van der Waals surface area contributed by atoms with Gasteiger partial charge in [-0.1, -0.05) is 6.07 Å². The number of aryl methyl sites for hydroxylation is 1. The SMILES string of the molecule is Cc1ccc(S(=O)(=O)N[C@H](C)Cn2cccn2)cc1C(N)=O. The summed E-state index contributed by atoms with van der Waals surface area (Å²) in [5, 5.41) is 4.03. The first-order valence-electron chi connectivity index (χ1n) is 6.70. The standard InChI is InChI=1S/C14H18N4O3S/c1-10-4-5-12(8-13(10)14(15)19)22(20,21)17-11(2)9-18-7-3-6-16-18/h3-8,11,17H,9H2,1-2H3,(H2,15,19)/t11-/m1/s1. The summed E-state index contributed by atoms with van der Waals surface area (Å²) in [7, 11) is -3.73. The second-order valence-electron chi connectivity index (χ2n) is 5.09. The lowest BCUT2D eigenvalue weighted by Gasteiger charge is -2.15. The van der Waals surface area contributed by atoms with Crippen LogP contribution in [0, 0.1) is 6.92 Å². The Labute approximate surface area is 129 Å². The van der Waals surface area contributed by atoms with E-state index in [1.165, 1.54) is 12.1 Å². The number of carbonyl (C=O) groups is 1. The fourth-order valence-electron chi connectivity index (χ4n) is 2.09. The van der Waals surface area contributed by atoms with E-state index in [9.17, 15) is 13.2 Å². The van der Waals surface area contributed by atoms with E-state index in [2.05, 4.69) is 9.82 Å². The Morgan fingerprint density at radius 1 is 1.45 bits per heavy atom. The molecule has 1 atom stereocenters. The van der Waals surface area contributed by atoms with Crippen molar-refractivity contribution in [2.45, 2.75) is 31.3 Å². The Kier molecular flexibility index (Phi) is 4.62. The van der Waals surface area contributed by atoms with Crippen LogP contribution >= 0.6 is 0 Å². The van der Waals surface area contributed by atoms with E-state index in [0.29, 0.717) is 12.1 Å². The van der Waals surface area contributed by atoms with Gasteiger partial charge >= 0.3 is 0 Å². The maximum absolute atomic E-state index is 12.4. The Morgan fingerprint density at radius 3 is 2.77 bits per heavy atom. The van der Waals surface area contributed by atoms with Crippen molar-refractivity contribution in [3.8, 4) is 0 Å². The summed E-state index contributed by atoms with van der Waals surface area (Å²) in [5.74, 6) is -0.654. The van der Waals surface area contributed by atoms with Gasteiger partial charge in [-0.3, -0.25) is 9.48 Å². The highest BCUT2D eigenvalue weighted by molar-refractivity contribution is 7.89. The molecule has 0 aliphatic carbocycles. The molecule has 7 nitrogen and oxygen atoms in total. The quantitative estimate of drug-likeness (QED) is 0.814. The maximum Gasteiger partial charge on any atom is 0.249 e. The molecule has 8 heteroatoms. The third-order valence-electron chi connectivity index (χ3n) is 3.16. The fraction of sp³-hybridized carbons (Fsp3) is 0.286. The summed E-state index contributed by atoms with van der Waals surface area (Å²) in [6.07, 6.45) is 3.38. The van der Waals surface area contributed by atoms with E-state index in [-0.39, 0.29) is 16.5 Å². The molecule has 1 aromatic carbocycles. The number of amides is 1. The van der Waals surface area contributed by atoms with Crippen molar-refractivity contribution in [1.82, 2.24) is 14.5 Å². The highest BCUT2D eigenvalue weighted by Crippen LogP contribution is 2.15. The lowest BCUT2D eigenvalue weighted by molar-refractivity contribution is 0.0999. The van der Waals surface area contributed by atoms with Crippen molar-refractivity contribution in [2.24, 2.45) is 5.73 Å². The molecule has 2 aromatic rings. The number of hydrogen-bond donors (Lipinski definition) is 2. The second-order valence-corrected chi connectivity index (χ2v) is 6.81. The number of carbonyl (C=O) groups excluding carboxylic acids is 1. The monoisotopic (exact) mass is 322 g/mol. The molecule has 0 aliphatic heterocycles. The Morgan fingerprint density at radius 2 is 2.18 bits per heavy atom. The van der Waals surface area contributed by atoms with Crippen molar-refractivity contribution in [3.63, 3.8) is 0 Å². The number of nitrogens with zero attached hydrogens (tertiary/aromatic N) is 2. The predicted octanol–water partition coefficient (Wildman–Crippen LogP) is 0.657. The zero-order valence-corrected chi connectivity index (χ0v) is 13.2. The first-order valence-corrected chi connectivity index (χ1v) is 8.18. The van der Waals surface area contributed by atoms with Crippen molar-refractivity contribution >= 4 is 15.9 Å². The summed E-state index contributed by atoms with van der Waals surface area (Å²) in [4.78, 5) is 11.3. The Balaban J connectivity index is 2.19. The summed E-state index contributed by atoms with van der Waals surface area (Å²) in [5.41, 5.74) is 6.08. The van der Waals surface area contributed by atoms with Crippen molar-refractivity contribution in [3.05, 3.63) is 47.8 Å². The van der Waals surface area contributed by atoms with Gasteiger partial charge in [0, 0.05) is 24.0 Å². The number of nitrogens with one attached hydrogen (secondary N) is 1. The number of sulfonamides is 1. The number of rotatable bonds is 6. The second kappa shape index (κ2) is 6.29. The van der Waals surface area contributed by atoms with E-state index >= 15 is 0 Å². The molecule has 0 radical (unpaired) electrons. The van der Waals surface area contributed by atoms with E-state index < -0.39 is 15.9 Å². The normalized spacial score (nSPS) is 13.0. The molecule has 0 spiro atoms. The smallest absolute Gasteiger partial charge is 0.249 e. The number of benzene rings is 1. The Hall–Kier alpha value is -2.19. The van der Waals surface area contributed by atoms with E-state index in [1.54, 1.807) is 43.1 Å². The molecule has 0 bridgehead atoms. The van der Waals surface area contributed by atoms with Crippen LogP contribution in [0.5, 0.6) is 0 Å². The molecule has 0 saturated heterocycles. The molecule has 0 unspecified atom stereocenters. The van der Waals surface area contributed by atoms with Gasteiger partial charge < -0.3 is 5.73 Å². The molecule has 3 N–H and O–H groups in total. The minimum atomic E-state index is -3.73. The van der Waals surface area contributed by atoms with E-state index in [4.69, 9.17) is 5.73 Å². The zero-order chi connectivity index (χ0) is 16.3. The highest BCUT2D eigenvalue weighted by atomic mass is 32.2. The summed E-state index contributed by atoms with van der Waals surface area (Å²) >= 11 is 0. The van der Waals surface area contributed by atoms with Crippen LogP contribution < -0.4 is 10.5 Å². The van der Waals surface area contributed by atoms with Gasteiger partial charge in [-0.15, -0.1) is 0 Å². The van der Waals surface area contributed by atoms with Gasteiger partial charge in [0.2, 0.25) is 15.9 Å². The molecular formula is C14H18N4O3S. The largest absolute Gasteiger partial charge is 0.366 e. The molecular weight excluding hydrogens is 304 g/mol. The lowest BCUT2D eigenvalue weighted by Crippen LogP contribution is -2.36. The van der Waals surface area contributed by atoms with Gasteiger partial charge in [0.15, 0.2) is 0 Å². The van der Waals surface area contributed by atoms with Crippen molar-refractivity contribution in [2.75, 3.05) is 0 Å². The predicted molar refractivity (Wildman–Crippen MR) is 81.7 cm³/mol. The number of aromatic nitrogens is 2. The highest BCUT2D eigenvalue weighted by Gasteiger charge is 2.19. The summed E-state index contributed by atoms with van der Waals surface area (Å²) in [6, 6.07) is 5.71. The average Bonchev–Trinajstić information content (AvgIpc) is 2.90. The lowest BCUT2D eigenvalue weighted by atomic mass is 10.1. The molecule has 2 rings (SSSR count). The summed E-state index contributed by atoms with van der Waals surface area (Å²) < 4.78 is 28.9. The van der Waals surface area contributed by atoms with E-state index in [1.807, 2.05) is 0 Å². The molecule has 1 aromatic heterocycles. The molecule has 1 heterocycles. The van der Waals surface area contributed by atoms with Crippen LogP contribution in [0.3, 0.4) is 0 Å². The number of primary amides is 1. The van der Waals surface area contributed by atoms with Crippen molar-refractivity contribution < 1.29 is 13.2 Å². The van der Waals surface area contributed by atoms with Gasteiger partial charge in [0.1, 0.15) is 0 Å².